The summed E-state index contributed by atoms with van der Waals surface area (Å²) in [4.78, 5) is 12.5. The molecule has 1 aliphatic rings. The number of sulfonamides is 1. The van der Waals surface area contributed by atoms with Gasteiger partial charge in [-0.25, -0.2) is 8.42 Å². The number of carbonyl (C=O) groups excluding carboxylic acids is 1. The lowest BCUT2D eigenvalue weighted by Gasteiger charge is -2.26. The van der Waals surface area contributed by atoms with Gasteiger partial charge in [0.1, 0.15) is 10.6 Å². The van der Waals surface area contributed by atoms with Crippen molar-refractivity contribution in [1.82, 2.24) is 4.31 Å². The van der Waals surface area contributed by atoms with Gasteiger partial charge < -0.3 is 14.8 Å². The number of thioether (sulfide) groups is 1. The third-order valence-electron chi connectivity index (χ3n) is 5.36. The molecule has 7 nitrogen and oxygen atoms in total. The van der Waals surface area contributed by atoms with E-state index in [2.05, 4.69) is 50.4 Å². The molecule has 0 bridgehead atoms. The van der Waals surface area contributed by atoms with Crippen LogP contribution in [0.1, 0.15) is 31.9 Å². The SMILES string of the molecule is COc1ccc(NC(=O)CSCc2ccc(C(C)(C)C)cc2)cc1S(=O)(=O)N1CCOCC1. The van der Waals surface area contributed by atoms with Gasteiger partial charge >= 0.3 is 0 Å². The van der Waals surface area contributed by atoms with Crippen LogP contribution >= 0.6 is 11.8 Å². The second-order valence-electron chi connectivity index (χ2n) is 8.87. The first kappa shape index (κ1) is 25.6. The van der Waals surface area contributed by atoms with Crippen molar-refractivity contribution in [3.63, 3.8) is 0 Å². The topological polar surface area (TPSA) is 84.9 Å². The van der Waals surface area contributed by atoms with Gasteiger partial charge in [-0.05, 0) is 34.7 Å². The van der Waals surface area contributed by atoms with Crippen molar-refractivity contribution in [1.29, 1.82) is 0 Å². The van der Waals surface area contributed by atoms with Crippen LogP contribution in [0.4, 0.5) is 5.69 Å². The highest BCUT2D eigenvalue weighted by Crippen LogP contribution is 2.30. The van der Waals surface area contributed by atoms with E-state index in [0.717, 1.165) is 11.3 Å². The summed E-state index contributed by atoms with van der Waals surface area (Å²) >= 11 is 1.51. The van der Waals surface area contributed by atoms with Crippen LogP contribution in [0.15, 0.2) is 47.4 Å². The van der Waals surface area contributed by atoms with Crippen molar-refractivity contribution in [2.24, 2.45) is 0 Å². The van der Waals surface area contributed by atoms with Crippen LogP contribution in [0.3, 0.4) is 0 Å². The number of amides is 1. The Bertz CT molecular complexity index is 1060. The molecule has 0 saturated carbocycles. The van der Waals surface area contributed by atoms with Crippen molar-refractivity contribution < 1.29 is 22.7 Å². The summed E-state index contributed by atoms with van der Waals surface area (Å²) in [7, 11) is -2.33. The van der Waals surface area contributed by atoms with E-state index in [1.807, 2.05) is 0 Å². The Hall–Kier alpha value is -2.07. The number of nitrogens with one attached hydrogen (secondary N) is 1. The fourth-order valence-corrected chi connectivity index (χ4v) is 5.82. The third-order valence-corrected chi connectivity index (χ3v) is 8.28. The molecule has 0 aliphatic carbocycles. The van der Waals surface area contributed by atoms with E-state index in [1.165, 1.54) is 34.8 Å². The maximum Gasteiger partial charge on any atom is 0.246 e. The van der Waals surface area contributed by atoms with E-state index < -0.39 is 10.0 Å². The Kier molecular flexibility index (Phi) is 8.44. The molecule has 1 heterocycles. The van der Waals surface area contributed by atoms with Crippen molar-refractivity contribution >= 4 is 33.4 Å². The minimum Gasteiger partial charge on any atom is -0.495 e. The highest BCUT2D eigenvalue weighted by atomic mass is 32.2. The second kappa shape index (κ2) is 10.9. The van der Waals surface area contributed by atoms with Crippen molar-refractivity contribution in [3.8, 4) is 5.75 Å². The van der Waals surface area contributed by atoms with Gasteiger partial charge in [0.05, 0.1) is 26.1 Å². The summed E-state index contributed by atoms with van der Waals surface area (Å²) in [5, 5.41) is 2.80. The van der Waals surface area contributed by atoms with Gasteiger partial charge in [0.2, 0.25) is 15.9 Å². The van der Waals surface area contributed by atoms with Crippen LogP contribution < -0.4 is 10.1 Å². The number of benzene rings is 2. The molecule has 0 unspecified atom stereocenters. The van der Waals surface area contributed by atoms with Crippen LogP contribution in [-0.2, 0) is 30.7 Å². The van der Waals surface area contributed by atoms with E-state index >= 15 is 0 Å². The van der Waals surface area contributed by atoms with Crippen LogP contribution in [-0.4, -0.2) is 57.8 Å². The first-order valence-electron chi connectivity index (χ1n) is 10.8. The number of nitrogens with zero attached hydrogens (tertiary/aromatic N) is 1. The minimum absolute atomic E-state index is 0.0382. The van der Waals surface area contributed by atoms with Crippen LogP contribution in [0.5, 0.6) is 5.75 Å². The molecule has 3 rings (SSSR count). The number of carbonyl (C=O) groups is 1. The maximum atomic E-state index is 13.1. The lowest BCUT2D eigenvalue weighted by molar-refractivity contribution is -0.113. The molecule has 0 aromatic heterocycles. The van der Waals surface area contributed by atoms with Crippen molar-refractivity contribution in [3.05, 3.63) is 53.6 Å². The Labute approximate surface area is 200 Å². The zero-order valence-corrected chi connectivity index (χ0v) is 21.2. The number of rotatable bonds is 8. The van der Waals surface area contributed by atoms with Gasteiger partial charge in [-0.1, -0.05) is 45.0 Å². The first-order valence-corrected chi connectivity index (χ1v) is 13.4. The van der Waals surface area contributed by atoms with Gasteiger partial charge in [-0.2, -0.15) is 4.31 Å². The van der Waals surface area contributed by atoms with E-state index in [9.17, 15) is 13.2 Å². The zero-order chi connectivity index (χ0) is 24.1. The molecule has 1 N–H and O–H groups in total. The molecule has 2 aromatic carbocycles. The summed E-state index contributed by atoms with van der Waals surface area (Å²) < 4.78 is 38.1. The molecule has 1 aliphatic heterocycles. The molecule has 1 amide bonds. The fourth-order valence-electron chi connectivity index (χ4n) is 3.44. The van der Waals surface area contributed by atoms with E-state index in [-0.39, 0.29) is 40.8 Å². The Morgan fingerprint density at radius 2 is 1.79 bits per heavy atom. The van der Waals surface area contributed by atoms with Crippen molar-refractivity contribution in [2.75, 3.05) is 44.5 Å². The largest absolute Gasteiger partial charge is 0.495 e. The highest BCUT2D eigenvalue weighted by molar-refractivity contribution is 7.99. The Morgan fingerprint density at radius 3 is 2.39 bits per heavy atom. The van der Waals surface area contributed by atoms with Gasteiger partial charge in [-0.15, -0.1) is 11.8 Å². The zero-order valence-electron chi connectivity index (χ0n) is 19.6. The predicted octanol–water partition coefficient (Wildman–Crippen LogP) is 3.89. The molecule has 1 saturated heterocycles. The molecule has 180 valence electrons. The molecule has 2 aromatic rings. The molecule has 0 radical (unpaired) electrons. The van der Waals surface area contributed by atoms with Crippen molar-refractivity contribution in [2.45, 2.75) is 36.8 Å². The summed E-state index contributed by atoms with van der Waals surface area (Å²) in [6, 6.07) is 13.1. The van der Waals surface area contributed by atoms with E-state index in [4.69, 9.17) is 9.47 Å². The van der Waals surface area contributed by atoms with Gasteiger partial charge in [0.25, 0.3) is 0 Å². The summed E-state index contributed by atoms with van der Waals surface area (Å²) in [6.45, 7) is 7.82. The van der Waals surface area contributed by atoms with Crippen LogP contribution in [0.2, 0.25) is 0 Å². The average molecular weight is 493 g/mol. The lowest BCUT2D eigenvalue weighted by Crippen LogP contribution is -2.40. The summed E-state index contributed by atoms with van der Waals surface area (Å²) in [5.41, 5.74) is 2.96. The molecular weight excluding hydrogens is 460 g/mol. The van der Waals surface area contributed by atoms with E-state index in [1.54, 1.807) is 12.1 Å². The minimum atomic E-state index is -3.76. The molecule has 33 heavy (non-hydrogen) atoms. The third kappa shape index (κ3) is 6.72. The van der Waals surface area contributed by atoms with Gasteiger partial charge in [-0.3, -0.25) is 4.79 Å². The number of ether oxygens (including phenoxy) is 2. The predicted molar refractivity (Wildman–Crippen MR) is 133 cm³/mol. The molecule has 0 atom stereocenters. The normalized spacial score (nSPS) is 15.3. The van der Waals surface area contributed by atoms with Crippen LogP contribution in [0, 0.1) is 0 Å². The first-order chi connectivity index (χ1) is 15.6. The fraction of sp³-hybridized carbons (Fsp3) is 0.458. The molecule has 1 fully saturated rings. The number of anilines is 1. The number of hydrogen-bond acceptors (Lipinski definition) is 6. The number of morpholine rings is 1. The highest BCUT2D eigenvalue weighted by Gasteiger charge is 2.29. The smallest absolute Gasteiger partial charge is 0.246 e. The lowest BCUT2D eigenvalue weighted by atomic mass is 9.87. The van der Waals surface area contributed by atoms with Crippen LogP contribution in [0.25, 0.3) is 0 Å². The Morgan fingerprint density at radius 1 is 1.12 bits per heavy atom. The van der Waals surface area contributed by atoms with E-state index in [0.29, 0.717) is 18.9 Å². The van der Waals surface area contributed by atoms with Gasteiger partial charge in [0, 0.05) is 24.5 Å². The summed E-state index contributed by atoms with van der Waals surface area (Å²) in [6.07, 6.45) is 0. The maximum absolute atomic E-state index is 13.1. The molecule has 0 spiro atoms. The molecular formula is C24H32N2O5S2. The van der Waals surface area contributed by atoms with Gasteiger partial charge in [0.15, 0.2) is 0 Å². The average Bonchev–Trinajstić information content (AvgIpc) is 2.79. The quantitative estimate of drug-likeness (QED) is 0.602. The summed E-state index contributed by atoms with van der Waals surface area (Å²) in [5.74, 6) is 1.04. The standard InChI is InChI=1S/C24H32N2O5S2/c1-24(2,3)19-7-5-18(6-8-19)16-32-17-23(27)25-20-9-10-21(30-4)22(15-20)33(28,29)26-11-13-31-14-12-26/h5-10,15H,11-14,16-17H2,1-4H3,(H,25,27). The number of methoxy groups -OCH3 is 1. The molecule has 9 heteroatoms. The number of hydrogen-bond donors (Lipinski definition) is 1. The second-order valence-corrected chi connectivity index (χ2v) is 11.8. The Balaban J connectivity index is 1.61. The monoisotopic (exact) mass is 492 g/mol.